The molecule has 1 aliphatic rings. The molecule has 2 atom stereocenters. The largest absolute Gasteiger partial charge is 0.419 e. The monoisotopic (exact) mass is 339 g/mol. The molecular weight excluding hydrogens is 322 g/mol. The van der Waals surface area contributed by atoms with Gasteiger partial charge in [0.2, 0.25) is 15.9 Å². The van der Waals surface area contributed by atoms with Gasteiger partial charge in [0.05, 0.1) is 16.3 Å². The molecule has 1 saturated heterocycles. The number of fused-ring (bicyclic) bond motifs is 1. The van der Waals surface area contributed by atoms with Crippen molar-refractivity contribution >= 4 is 27.0 Å². The summed E-state index contributed by atoms with van der Waals surface area (Å²) in [4.78, 5) is 22.9. The molecule has 1 amide bonds. The van der Waals surface area contributed by atoms with Gasteiger partial charge < -0.3 is 10.2 Å². The van der Waals surface area contributed by atoms with E-state index in [1.165, 1.54) is 27.1 Å². The Hall–Kier alpha value is -2.13. The molecule has 2 aromatic rings. The predicted molar refractivity (Wildman–Crippen MR) is 82.1 cm³/mol. The molecule has 8 nitrogen and oxygen atoms in total. The maximum absolute atomic E-state index is 12.7. The Morgan fingerprint density at radius 1 is 1.35 bits per heavy atom. The van der Waals surface area contributed by atoms with Crippen LogP contribution < -0.4 is 11.5 Å². The van der Waals surface area contributed by atoms with E-state index in [9.17, 15) is 18.0 Å². The Balaban J connectivity index is 2.00. The van der Waals surface area contributed by atoms with E-state index in [1.54, 1.807) is 14.0 Å². The summed E-state index contributed by atoms with van der Waals surface area (Å²) >= 11 is 0. The standard InChI is InChI=1S/C14H17N3O5S/c1-8-6-17(7-10(8)13(15)18)23(20,21)9-3-4-11-12(5-9)22-14(19)16(11)2/h3-5,8,10H,6-7H2,1-2H3,(H2,15,18)/t8-,10-/m1/s1. The van der Waals surface area contributed by atoms with Crippen LogP contribution in [-0.4, -0.2) is 36.3 Å². The second-order valence-corrected chi connectivity index (χ2v) is 7.80. The number of carbonyl (C=O) groups is 1. The number of primary amides is 1. The molecule has 0 saturated carbocycles. The lowest BCUT2D eigenvalue weighted by Gasteiger charge is -2.16. The summed E-state index contributed by atoms with van der Waals surface area (Å²) in [6.07, 6.45) is 0. The van der Waals surface area contributed by atoms with Crippen molar-refractivity contribution in [2.45, 2.75) is 11.8 Å². The molecule has 23 heavy (non-hydrogen) atoms. The molecular formula is C14H17N3O5S. The first-order valence-corrected chi connectivity index (χ1v) is 8.55. The van der Waals surface area contributed by atoms with Crippen molar-refractivity contribution in [3.05, 3.63) is 28.7 Å². The highest BCUT2D eigenvalue weighted by molar-refractivity contribution is 7.89. The van der Waals surface area contributed by atoms with Gasteiger partial charge in [-0.1, -0.05) is 6.92 Å². The van der Waals surface area contributed by atoms with E-state index in [0.717, 1.165) is 0 Å². The van der Waals surface area contributed by atoms with Crippen molar-refractivity contribution in [1.82, 2.24) is 8.87 Å². The van der Waals surface area contributed by atoms with Crippen molar-refractivity contribution < 1.29 is 17.6 Å². The highest BCUT2D eigenvalue weighted by Gasteiger charge is 2.39. The molecule has 0 spiro atoms. The Morgan fingerprint density at radius 3 is 2.65 bits per heavy atom. The Kier molecular flexibility index (Phi) is 3.56. The number of nitrogens with two attached hydrogens (primary N) is 1. The van der Waals surface area contributed by atoms with Crippen LogP contribution in [0.25, 0.3) is 11.1 Å². The zero-order chi connectivity index (χ0) is 16.9. The topological polar surface area (TPSA) is 116 Å². The summed E-state index contributed by atoms with van der Waals surface area (Å²) in [5.41, 5.74) is 6.03. The summed E-state index contributed by atoms with van der Waals surface area (Å²) in [6, 6.07) is 4.28. The van der Waals surface area contributed by atoms with Crippen LogP contribution in [0.4, 0.5) is 0 Å². The minimum atomic E-state index is -3.78. The molecule has 124 valence electrons. The van der Waals surface area contributed by atoms with Gasteiger partial charge in [0.15, 0.2) is 5.58 Å². The van der Waals surface area contributed by atoms with Crippen molar-refractivity contribution in [2.75, 3.05) is 13.1 Å². The zero-order valence-corrected chi connectivity index (χ0v) is 13.5. The molecule has 2 heterocycles. The third-order valence-electron chi connectivity index (χ3n) is 4.35. The quantitative estimate of drug-likeness (QED) is 0.836. The molecule has 9 heteroatoms. The van der Waals surface area contributed by atoms with Crippen molar-refractivity contribution in [3.8, 4) is 0 Å². The number of aryl methyl sites for hydroxylation is 1. The fourth-order valence-electron chi connectivity index (χ4n) is 2.91. The molecule has 0 aliphatic carbocycles. The van der Waals surface area contributed by atoms with Crippen LogP contribution >= 0.6 is 0 Å². The molecule has 1 aliphatic heterocycles. The van der Waals surface area contributed by atoms with E-state index in [2.05, 4.69) is 0 Å². The first-order chi connectivity index (χ1) is 10.7. The molecule has 1 aromatic carbocycles. The number of amides is 1. The molecule has 1 fully saturated rings. The Labute approximate surface area is 132 Å². The average Bonchev–Trinajstić information content (AvgIpc) is 3.00. The minimum Gasteiger partial charge on any atom is -0.408 e. The number of nitrogens with zero attached hydrogens (tertiary/aromatic N) is 2. The minimum absolute atomic E-state index is 0.0247. The lowest BCUT2D eigenvalue weighted by Crippen LogP contribution is -2.32. The summed E-state index contributed by atoms with van der Waals surface area (Å²) in [5, 5.41) is 0. The lowest BCUT2D eigenvalue weighted by atomic mass is 9.98. The number of hydrogen-bond donors (Lipinski definition) is 1. The van der Waals surface area contributed by atoms with Crippen molar-refractivity contribution in [2.24, 2.45) is 24.6 Å². The average molecular weight is 339 g/mol. The lowest BCUT2D eigenvalue weighted by molar-refractivity contribution is -0.122. The van der Waals surface area contributed by atoms with Gasteiger partial charge in [-0.2, -0.15) is 4.31 Å². The van der Waals surface area contributed by atoms with Gasteiger partial charge in [0.25, 0.3) is 0 Å². The van der Waals surface area contributed by atoms with Crippen LogP contribution in [0.2, 0.25) is 0 Å². The molecule has 0 radical (unpaired) electrons. The third kappa shape index (κ3) is 2.45. The molecule has 2 N–H and O–H groups in total. The van der Waals surface area contributed by atoms with Gasteiger partial charge in [-0.25, -0.2) is 13.2 Å². The second kappa shape index (κ2) is 5.20. The van der Waals surface area contributed by atoms with E-state index >= 15 is 0 Å². The molecule has 3 rings (SSSR count). The Morgan fingerprint density at radius 2 is 2.04 bits per heavy atom. The fraction of sp³-hybridized carbons (Fsp3) is 0.429. The van der Waals surface area contributed by atoms with E-state index < -0.39 is 27.6 Å². The van der Waals surface area contributed by atoms with Crippen molar-refractivity contribution in [1.29, 1.82) is 0 Å². The number of rotatable bonds is 3. The van der Waals surface area contributed by atoms with Crippen LogP contribution in [0.15, 0.2) is 32.3 Å². The van der Waals surface area contributed by atoms with Gasteiger partial charge in [0.1, 0.15) is 0 Å². The first-order valence-electron chi connectivity index (χ1n) is 7.11. The first kappa shape index (κ1) is 15.8. The maximum Gasteiger partial charge on any atom is 0.419 e. The normalized spacial score (nSPS) is 22.7. The number of hydrogen-bond acceptors (Lipinski definition) is 5. The van der Waals surface area contributed by atoms with Crippen LogP contribution in [0, 0.1) is 11.8 Å². The van der Waals surface area contributed by atoms with Gasteiger partial charge in [-0.3, -0.25) is 9.36 Å². The van der Waals surface area contributed by atoms with E-state index in [-0.39, 0.29) is 29.5 Å². The highest BCUT2D eigenvalue weighted by atomic mass is 32.2. The van der Waals surface area contributed by atoms with Gasteiger partial charge in [0, 0.05) is 26.2 Å². The van der Waals surface area contributed by atoms with Gasteiger partial charge >= 0.3 is 5.76 Å². The SMILES string of the molecule is C[C@@H]1CN(S(=O)(=O)c2ccc3c(c2)oc(=O)n3C)C[C@H]1C(N)=O. The second-order valence-electron chi connectivity index (χ2n) is 5.86. The zero-order valence-electron chi connectivity index (χ0n) is 12.7. The number of aromatic nitrogens is 1. The highest BCUT2D eigenvalue weighted by Crippen LogP contribution is 2.29. The molecule has 0 bridgehead atoms. The Bertz CT molecular complexity index is 943. The number of oxazole rings is 1. The summed E-state index contributed by atoms with van der Waals surface area (Å²) in [7, 11) is -2.24. The van der Waals surface area contributed by atoms with Crippen LogP contribution in [-0.2, 0) is 21.9 Å². The van der Waals surface area contributed by atoms with Gasteiger partial charge in [-0.15, -0.1) is 0 Å². The van der Waals surface area contributed by atoms with Crippen LogP contribution in [0.5, 0.6) is 0 Å². The van der Waals surface area contributed by atoms with Crippen molar-refractivity contribution in [3.63, 3.8) is 0 Å². The number of sulfonamides is 1. The van der Waals surface area contributed by atoms with E-state index in [1.807, 2.05) is 0 Å². The van der Waals surface area contributed by atoms with E-state index in [0.29, 0.717) is 5.52 Å². The predicted octanol–water partition coefficient (Wildman–Crippen LogP) is -0.127. The number of benzene rings is 1. The smallest absolute Gasteiger partial charge is 0.408 e. The van der Waals surface area contributed by atoms with Crippen LogP contribution in [0.3, 0.4) is 0 Å². The fourth-order valence-corrected chi connectivity index (χ4v) is 4.50. The molecule has 0 unspecified atom stereocenters. The summed E-state index contributed by atoms with van der Waals surface area (Å²) < 4.78 is 33.0. The third-order valence-corrected chi connectivity index (χ3v) is 6.17. The summed E-state index contributed by atoms with van der Waals surface area (Å²) in [6.45, 7) is 2.09. The van der Waals surface area contributed by atoms with Gasteiger partial charge in [-0.05, 0) is 18.1 Å². The molecule has 1 aromatic heterocycles. The maximum atomic E-state index is 12.7. The summed E-state index contributed by atoms with van der Waals surface area (Å²) in [5.74, 6) is -1.69. The van der Waals surface area contributed by atoms with Crippen LogP contribution in [0.1, 0.15) is 6.92 Å². The van der Waals surface area contributed by atoms with E-state index in [4.69, 9.17) is 10.2 Å². The number of carbonyl (C=O) groups excluding carboxylic acids is 1.